The second-order valence-corrected chi connectivity index (χ2v) is 10.3. The Kier molecular flexibility index (Phi) is 6.36. The van der Waals surface area contributed by atoms with Gasteiger partial charge in [-0.15, -0.1) is 0 Å². The van der Waals surface area contributed by atoms with Gasteiger partial charge in [-0.25, -0.2) is 8.42 Å². The summed E-state index contributed by atoms with van der Waals surface area (Å²) in [4.78, 5) is 13.0. The van der Waals surface area contributed by atoms with Crippen LogP contribution in [0.15, 0.2) is 23.1 Å². The second-order valence-electron chi connectivity index (χ2n) is 8.11. The average Bonchev–Trinajstić information content (AvgIpc) is 3.12. The molecule has 0 unspecified atom stereocenters. The molecule has 1 fully saturated rings. The molecule has 0 spiro atoms. The standard InChI is InChI=1S/C19H28N4O3S2/c1-11(2)17(19(24)20-14-8-5-7-12(3)13(14)4)23-28(25,26)16-10-6-9-15-18(16)22-27-21-15/h6,9-14,17,23H,5,7-8H2,1-4H3,(H,20,24)/t12-,13-,14-,17+/m1/s1. The van der Waals surface area contributed by atoms with E-state index in [0.29, 0.717) is 22.9 Å². The molecule has 3 rings (SSSR count). The Balaban J connectivity index is 1.80. The number of benzene rings is 1. The molecule has 1 aromatic carbocycles. The van der Waals surface area contributed by atoms with Gasteiger partial charge in [0.1, 0.15) is 22.0 Å². The van der Waals surface area contributed by atoms with E-state index in [-0.39, 0.29) is 22.8 Å². The Labute approximate surface area is 170 Å². The molecule has 1 aromatic heterocycles. The Morgan fingerprint density at radius 3 is 2.68 bits per heavy atom. The molecule has 7 nitrogen and oxygen atoms in total. The van der Waals surface area contributed by atoms with E-state index in [9.17, 15) is 13.2 Å². The second kappa shape index (κ2) is 8.42. The van der Waals surface area contributed by atoms with E-state index in [0.717, 1.165) is 24.6 Å². The normalized spacial score (nSPS) is 24.4. The van der Waals surface area contributed by atoms with E-state index < -0.39 is 16.1 Å². The highest BCUT2D eigenvalue weighted by Gasteiger charge is 2.34. The van der Waals surface area contributed by atoms with Crippen molar-refractivity contribution in [3.8, 4) is 0 Å². The number of carbonyl (C=O) groups is 1. The third-order valence-corrected chi connectivity index (χ3v) is 7.82. The van der Waals surface area contributed by atoms with Crippen molar-refractivity contribution < 1.29 is 13.2 Å². The smallest absolute Gasteiger partial charge is 0.243 e. The molecule has 28 heavy (non-hydrogen) atoms. The third-order valence-electron chi connectivity index (χ3n) is 5.80. The van der Waals surface area contributed by atoms with Crippen LogP contribution in [0.4, 0.5) is 0 Å². The van der Waals surface area contributed by atoms with Crippen molar-refractivity contribution in [1.29, 1.82) is 0 Å². The number of carbonyl (C=O) groups excluding carboxylic acids is 1. The van der Waals surface area contributed by atoms with Gasteiger partial charge in [-0.1, -0.05) is 46.6 Å². The van der Waals surface area contributed by atoms with Crippen molar-refractivity contribution in [3.05, 3.63) is 18.2 Å². The number of nitrogens with one attached hydrogen (secondary N) is 2. The van der Waals surface area contributed by atoms with Crippen LogP contribution >= 0.6 is 11.7 Å². The zero-order chi connectivity index (χ0) is 20.5. The Hall–Kier alpha value is -1.58. The number of hydrogen-bond acceptors (Lipinski definition) is 6. The van der Waals surface area contributed by atoms with Crippen LogP contribution in [0, 0.1) is 17.8 Å². The molecule has 154 valence electrons. The number of rotatable bonds is 6. The van der Waals surface area contributed by atoms with Gasteiger partial charge < -0.3 is 5.32 Å². The quantitative estimate of drug-likeness (QED) is 0.742. The monoisotopic (exact) mass is 424 g/mol. The fourth-order valence-corrected chi connectivity index (χ4v) is 5.89. The number of sulfonamides is 1. The maximum Gasteiger partial charge on any atom is 0.243 e. The summed E-state index contributed by atoms with van der Waals surface area (Å²) in [6, 6.07) is 4.07. The van der Waals surface area contributed by atoms with Crippen molar-refractivity contribution in [3.63, 3.8) is 0 Å². The van der Waals surface area contributed by atoms with Gasteiger partial charge in [-0.05, 0) is 36.3 Å². The molecule has 0 radical (unpaired) electrons. The molecule has 1 amide bonds. The van der Waals surface area contributed by atoms with Crippen molar-refractivity contribution in [2.75, 3.05) is 0 Å². The predicted molar refractivity (Wildman–Crippen MR) is 110 cm³/mol. The number of aromatic nitrogens is 2. The maximum atomic E-state index is 13.0. The van der Waals surface area contributed by atoms with E-state index in [1.807, 2.05) is 13.8 Å². The summed E-state index contributed by atoms with van der Waals surface area (Å²) < 4.78 is 36.8. The van der Waals surface area contributed by atoms with Crippen molar-refractivity contribution in [2.24, 2.45) is 17.8 Å². The summed E-state index contributed by atoms with van der Waals surface area (Å²) in [5.74, 6) is 0.451. The molecule has 1 aliphatic carbocycles. The van der Waals surface area contributed by atoms with Gasteiger partial charge in [0.2, 0.25) is 15.9 Å². The summed E-state index contributed by atoms with van der Waals surface area (Å²) in [5.41, 5.74) is 0.862. The van der Waals surface area contributed by atoms with E-state index in [2.05, 4.69) is 32.6 Å². The van der Waals surface area contributed by atoms with Gasteiger partial charge in [-0.3, -0.25) is 4.79 Å². The summed E-state index contributed by atoms with van der Waals surface area (Å²) >= 11 is 0.967. The molecular weight excluding hydrogens is 396 g/mol. The first-order valence-electron chi connectivity index (χ1n) is 9.74. The SMILES string of the molecule is CC(C)[C@H](NS(=O)(=O)c1cccc2nsnc12)C(=O)N[C@@H]1CCC[C@@H](C)[C@H]1C. The van der Waals surface area contributed by atoms with Gasteiger partial charge in [0, 0.05) is 6.04 Å². The van der Waals surface area contributed by atoms with Gasteiger partial charge in [0.15, 0.2) is 0 Å². The molecule has 1 aliphatic rings. The highest BCUT2D eigenvalue weighted by Crippen LogP contribution is 2.29. The van der Waals surface area contributed by atoms with E-state index in [1.165, 1.54) is 12.5 Å². The highest BCUT2D eigenvalue weighted by atomic mass is 32.2. The Morgan fingerprint density at radius 2 is 1.96 bits per heavy atom. The maximum absolute atomic E-state index is 13.0. The lowest BCUT2D eigenvalue weighted by atomic mass is 9.78. The zero-order valence-corrected chi connectivity index (χ0v) is 18.3. The van der Waals surface area contributed by atoms with Gasteiger partial charge >= 0.3 is 0 Å². The van der Waals surface area contributed by atoms with Crippen LogP contribution in [0.5, 0.6) is 0 Å². The first-order chi connectivity index (χ1) is 13.2. The highest BCUT2D eigenvalue weighted by molar-refractivity contribution is 7.89. The lowest BCUT2D eigenvalue weighted by Crippen LogP contribution is -2.54. The minimum absolute atomic E-state index is 0.0526. The molecule has 4 atom stereocenters. The van der Waals surface area contributed by atoms with Crippen LogP contribution in [-0.2, 0) is 14.8 Å². The van der Waals surface area contributed by atoms with Crippen LogP contribution in [0.2, 0.25) is 0 Å². The van der Waals surface area contributed by atoms with Crippen molar-refractivity contribution in [1.82, 2.24) is 18.8 Å². The van der Waals surface area contributed by atoms with Crippen molar-refractivity contribution >= 4 is 38.7 Å². The molecule has 1 saturated carbocycles. The summed E-state index contributed by atoms with van der Waals surface area (Å²) in [6.45, 7) is 8.03. The van der Waals surface area contributed by atoms with Crippen LogP contribution in [-0.4, -0.2) is 35.2 Å². The zero-order valence-electron chi connectivity index (χ0n) is 16.7. The van der Waals surface area contributed by atoms with E-state index >= 15 is 0 Å². The van der Waals surface area contributed by atoms with Gasteiger partial charge in [-0.2, -0.15) is 13.5 Å². The third kappa shape index (κ3) is 4.36. The molecule has 2 aromatic rings. The van der Waals surface area contributed by atoms with Crippen LogP contribution < -0.4 is 10.0 Å². The Morgan fingerprint density at radius 1 is 1.21 bits per heavy atom. The molecule has 0 saturated heterocycles. The van der Waals surface area contributed by atoms with Crippen LogP contribution in [0.3, 0.4) is 0 Å². The summed E-state index contributed by atoms with van der Waals surface area (Å²) in [7, 11) is -3.92. The minimum atomic E-state index is -3.92. The fraction of sp³-hybridized carbons (Fsp3) is 0.632. The summed E-state index contributed by atoms with van der Waals surface area (Å²) in [5, 5.41) is 3.09. The molecule has 2 N–H and O–H groups in total. The average molecular weight is 425 g/mol. The first-order valence-corrected chi connectivity index (χ1v) is 12.0. The topological polar surface area (TPSA) is 101 Å². The molecule has 9 heteroatoms. The predicted octanol–water partition coefficient (Wildman–Crippen LogP) is 2.94. The lowest BCUT2D eigenvalue weighted by molar-refractivity contribution is -0.125. The molecular formula is C19H28N4O3S2. The Bertz CT molecular complexity index is 942. The number of hydrogen-bond donors (Lipinski definition) is 2. The minimum Gasteiger partial charge on any atom is -0.352 e. The first kappa shape index (κ1) is 21.1. The number of amides is 1. The fourth-order valence-electron chi connectivity index (χ4n) is 3.78. The van der Waals surface area contributed by atoms with Crippen LogP contribution in [0.1, 0.15) is 47.0 Å². The van der Waals surface area contributed by atoms with E-state index in [1.54, 1.807) is 12.1 Å². The van der Waals surface area contributed by atoms with Gasteiger partial charge in [0.25, 0.3) is 0 Å². The summed E-state index contributed by atoms with van der Waals surface area (Å²) in [6.07, 6.45) is 3.17. The molecule has 1 heterocycles. The van der Waals surface area contributed by atoms with Crippen LogP contribution in [0.25, 0.3) is 11.0 Å². The molecule has 0 bridgehead atoms. The number of nitrogens with zero attached hydrogens (tertiary/aromatic N) is 2. The van der Waals surface area contributed by atoms with Crippen molar-refractivity contribution in [2.45, 2.75) is 63.9 Å². The van der Waals surface area contributed by atoms with Gasteiger partial charge in [0.05, 0.1) is 11.7 Å². The largest absolute Gasteiger partial charge is 0.352 e. The van der Waals surface area contributed by atoms with E-state index in [4.69, 9.17) is 0 Å². The number of fused-ring (bicyclic) bond motifs is 1. The molecule has 0 aliphatic heterocycles. The lowest BCUT2D eigenvalue weighted by Gasteiger charge is -2.35.